The Morgan fingerprint density at radius 3 is 2.88 bits per heavy atom. The summed E-state index contributed by atoms with van der Waals surface area (Å²) in [4.78, 5) is 23.0. The van der Waals surface area contributed by atoms with Gasteiger partial charge in [0.2, 0.25) is 5.82 Å². The third-order valence-electron chi connectivity index (χ3n) is 3.04. The number of carboxylic acids is 1. The molecule has 0 aromatic carbocycles. The fraction of sp³-hybridized carbons (Fsp3) is 0.333. The van der Waals surface area contributed by atoms with Crippen molar-refractivity contribution in [3.05, 3.63) is 29.3 Å². The predicted octanol–water partition coefficient (Wildman–Crippen LogP) is 1.60. The molecule has 1 aliphatic rings. The van der Waals surface area contributed by atoms with Crippen molar-refractivity contribution in [1.29, 1.82) is 0 Å². The zero-order valence-corrected chi connectivity index (χ0v) is 9.18. The zero-order valence-electron chi connectivity index (χ0n) is 9.18. The molecule has 0 fully saturated rings. The maximum atomic E-state index is 10.8. The van der Waals surface area contributed by atoms with Gasteiger partial charge >= 0.3 is 5.97 Å². The average Bonchev–Trinajstić information content (AvgIpc) is 2.35. The van der Waals surface area contributed by atoms with Crippen LogP contribution in [-0.2, 0) is 12.8 Å². The van der Waals surface area contributed by atoms with Crippen molar-refractivity contribution in [3.8, 4) is 0 Å². The molecule has 0 bridgehead atoms. The Morgan fingerprint density at radius 1 is 1.24 bits per heavy atom. The van der Waals surface area contributed by atoms with Gasteiger partial charge in [0.15, 0.2) is 5.65 Å². The molecule has 1 N–H and O–H groups in total. The lowest BCUT2D eigenvalue weighted by atomic mass is 9.95. The van der Waals surface area contributed by atoms with Gasteiger partial charge in [-0.25, -0.2) is 19.7 Å². The highest BCUT2D eigenvalue weighted by Gasteiger charge is 2.14. The van der Waals surface area contributed by atoms with E-state index in [1.807, 2.05) is 6.07 Å². The fourth-order valence-electron chi connectivity index (χ4n) is 2.19. The summed E-state index contributed by atoms with van der Waals surface area (Å²) in [6.07, 6.45) is 5.86. The molecule has 0 saturated carbocycles. The highest BCUT2D eigenvalue weighted by atomic mass is 16.4. The van der Waals surface area contributed by atoms with E-state index in [1.54, 1.807) is 0 Å². The molecule has 3 rings (SSSR count). The lowest BCUT2D eigenvalue weighted by Crippen LogP contribution is -2.08. The third-order valence-corrected chi connectivity index (χ3v) is 3.04. The summed E-state index contributed by atoms with van der Waals surface area (Å²) >= 11 is 0. The summed E-state index contributed by atoms with van der Waals surface area (Å²) in [6, 6.07) is 2.03. The number of aryl methyl sites for hydroxylation is 2. The first kappa shape index (κ1) is 10.1. The first-order valence-electron chi connectivity index (χ1n) is 5.63. The molecule has 2 aromatic rings. The van der Waals surface area contributed by atoms with Gasteiger partial charge in [-0.1, -0.05) is 0 Å². The summed E-state index contributed by atoms with van der Waals surface area (Å²) in [7, 11) is 0. The van der Waals surface area contributed by atoms with Crippen LogP contribution < -0.4 is 0 Å². The largest absolute Gasteiger partial charge is 0.475 e. The molecule has 2 aromatic heterocycles. The van der Waals surface area contributed by atoms with Gasteiger partial charge in [-0.2, -0.15) is 0 Å². The van der Waals surface area contributed by atoms with Crippen LogP contribution >= 0.6 is 0 Å². The van der Waals surface area contributed by atoms with Gasteiger partial charge in [-0.05, 0) is 37.3 Å². The Bertz CT molecular complexity index is 610. The van der Waals surface area contributed by atoms with Crippen molar-refractivity contribution >= 4 is 17.0 Å². The Labute approximate surface area is 97.5 Å². The van der Waals surface area contributed by atoms with Crippen molar-refractivity contribution < 1.29 is 9.90 Å². The number of aromatic nitrogens is 3. The maximum absolute atomic E-state index is 10.8. The molecule has 0 amide bonds. The quantitative estimate of drug-likeness (QED) is 0.803. The molecule has 0 spiro atoms. The van der Waals surface area contributed by atoms with Gasteiger partial charge in [-0.3, -0.25) is 0 Å². The Balaban J connectivity index is 2.20. The first-order valence-corrected chi connectivity index (χ1v) is 5.63. The predicted molar refractivity (Wildman–Crippen MR) is 60.9 cm³/mol. The zero-order chi connectivity index (χ0) is 11.8. The van der Waals surface area contributed by atoms with Crippen LogP contribution in [0.25, 0.3) is 11.0 Å². The molecular weight excluding hydrogens is 218 g/mol. The van der Waals surface area contributed by atoms with Crippen LogP contribution in [0.1, 0.15) is 34.7 Å². The number of pyridine rings is 1. The second kappa shape index (κ2) is 3.76. The van der Waals surface area contributed by atoms with Crippen molar-refractivity contribution in [2.24, 2.45) is 0 Å². The number of nitrogens with zero attached hydrogens (tertiary/aromatic N) is 3. The minimum absolute atomic E-state index is 0.194. The van der Waals surface area contributed by atoms with Crippen molar-refractivity contribution in [3.63, 3.8) is 0 Å². The maximum Gasteiger partial charge on any atom is 0.374 e. The highest BCUT2D eigenvalue weighted by molar-refractivity contribution is 5.86. The van der Waals surface area contributed by atoms with E-state index in [1.165, 1.54) is 18.2 Å². The van der Waals surface area contributed by atoms with Gasteiger partial charge in [0.25, 0.3) is 0 Å². The standard InChI is InChI=1S/C12H11N3O2/c16-12(17)11-13-6-8-5-7-3-1-2-4-9(7)14-10(8)15-11/h5-6H,1-4H2,(H,16,17). The monoisotopic (exact) mass is 229 g/mol. The lowest BCUT2D eigenvalue weighted by molar-refractivity contribution is 0.0684. The van der Waals surface area contributed by atoms with Crippen LogP contribution in [0, 0.1) is 0 Å². The Morgan fingerprint density at radius 2 is 2.06 bits per heavy atom. The second-order valence-corrected chi connectivity index (χ2v) is 4.21. The molecule has 0 radical (unpaired) electrons. The van der Waals surface area contributed by atoms with E-state index in [2.05, 4.69) is 15.0 Å². The average molecular weight is 229 g/mol. The normalized spacial score (nSPS) is 14.6. The Kier molecular flexibility index (Phi) is 2.24. The summed E-state index contributed by atoms with van der Waals surface area (Å²) in [5.74, 6) is -1.31. The topological polar surface area (TPSA) is 76.0 Å². The number of rotatable bonds is 1. The SMILES string of the molecule is O=C(O)c1ncc2cc3c(nc2n1)CCCC3. The third kappa shape index (κ3) is 1.73. The number of carbonyl (C=O) groups is 1. The van der Waals surface area contributed by atoms with E-state index < -0.39 is 5.97 Å². The van der Waals surface area contributed by atoms with Crippen LogP contribution in [-0.4, -0.2) is 26.0 Å². The summed E-state index contributed by atoms with van der Waals surface area (Å²) in [5, 5.41) is 9.65. The molecule has 0 aliphatic heterocycles. The summed E-state index contributed by atoms with van der Waals surface area (Å²) in [5.41, 5.74) is 2.78. The minimum Gasteiger partial charge on any atom is -0.475 e. The molecule has 2 heterocycles. The van der Waals surface area contributed by atoms with Crippen LogP contribution in [0.4, 0.5) is 0 Å². The van der Waals surface area contributed by atoms with E-state index in [0.717, 1.165) is 30.3 Å². The molecule has 1 aliphatic carbocycles. The van der Waals surface area contributed by atoms with Crippen molar-refractivity contribution in [2.45, 2.75) is 25.7 Å². The number of carboxylic acid groups (broad SMARTS) is 1. The summed E-state index contributed by atoms with van der Waals surface area (Å²) < 4.78 is 0. The number of aromatic carboxylic acids is 1. The number of hydrogen-bond acceptors (Lipinski definition) is 4. The van der Waals surface area contributed by atoms with Crippen LogP contribution in [0.5, 0.6) is 0 Å². The van der Waals surface area contributed by atoms with Gasteiger partial charge < -0.3 is 5.11 Å². The molecule has 17 heavy (non-hydrogen) atoms. The van der Waals surface area contributed by atoms with Gasteiger partial charge in [0, 0.05) is 17.3 Å². The van der Waals surface area contributed by atoms with Crippen molar-refractivity contribution in [2.75, 3.05) is 0 Å². The number of fused-ring (bicyclic) bond motifs is 2. The molecule has 0 saturated heterocycles. The van der Waals surface area contributed by atoms with E-state index in [4.69, 9.17) is 5.11 Å². The van der Waals surface area contributed by atoms with Gasteiger partial charge in [0.1, 0.15) is 0 Å². The van der Waals surface area contributed by atoms with Crippen LogP contribution in [0.15, 0.2) is 12.3 Å². The van der Waals surface area contributed by atoms with Gasteiger partial charge in [-0.15, -0.1) is 0 Å². The fourth-order valence-corrected chi connectivity index (χ4v) is 2.19. The summed E-state index contributed by atoms with van der Waals surface area (Å²) in [6.45, 7) is 0. The van der Waals surface area contributed by atoms with Crippen LogP contribution in [0.2, 0.25) is 0 Å². The molecule has 86 valence electrons. The molecule has 0 unspecified atom stereocenters. The van der Waals surface area contributed by atoms with Crippen molar-refractivity contribution in [1.82, 2.24) is 15.0 Å². The molecule has 0 atom stereocenters. The molecular formula is C12H11N3O2. The molecule has 5 nitrogen and oxygen atoms in total. The second-order valence-electron chi connectivity index (χ2n) is 4.21. The molecule has 5 heteroatoms. The lowest BCUT2D eigenvalue weighted by Gasteiger charge is -2.14. The Hall–Kier alpha value is -2.04. The van der Waals surface area contributed by atoms with E-state index in [-0.39, 0.29) is 5.82 Å². The van der Waals surface area contributed by atoms with E-state index in [0.29, 0.717) is 5.65 Å². The van der Waals surface area contributed by atoms with Crippen LogP contribution in [0.3, 0.4) is 0 Å². The van der Waals surface area contributed by atoms with E-state index >= 15 is 0 Å². The highest BCUT2D eigenvalue weighted by Crippen LogP contribution is 2.22. The smallest absolute Gasteiger partial charge is 0.374 e. The van der Waals surface area contributed by atoms with Gasteiger partial charge in [0.05, 0.1) is 0 Å². The first-order chi connectivity index (χ1) is 8.24. The number of hydrogen-bond donors (Lipinski definition) is 1. The minimum atomic E-state index is -1.12. The van der Waals surface area contributed by atoms with E-state index in [9.17, 15) is 4.79 Å².